The molecule has 0 saturated heterocycles. The van der Waals surface area contributed by atoms with E-state index in [1.807, 2.05) is 19.2 Å². The number of fused-ring (bicyclic) bond motifs is 1. The largest absolute Gasteiger partial charge is 0.497 e. The maximum absolute atomic E-state index is 5.29. The van der Waals surface area contributed by atoms with Crippen molar-refractivity contribution in [3.63, 3.8) is 0 Å². The van der Waals surface area contributed by atoms with Gasteiger partial charge in [0, 0.05) is 12.6 Å². The lowest BCUT2D eigenvalue weighted by Gasteiger charge is -2.08. The highest BCUT2D eigenvalue weighted by Crippen LogP contribution is 2.39. The molecule has 4 aromatic rings. The molecule has 1 heterocycles. The van der Waals surface area contributed by atoms with E-state index in [4.69, 9.17) is 4.74 Å². The number of hydrogen-bond acceptors (Lipinski definition) is 4. The molecule has 4 heteroatoms. The van der Waals surface area contributed by atoms with E-state index >= 15 is 0 Å². The van der Waals surface area contributed by atoms with E-state index < -0.39 is 0 Å². The number of methoxy groups -OCH3 is 1. The van der Waals surface area contributed by atoms with Gasteiger partial charge in [0.2, 0.25) is 0 Å². The third kappa shape index (κ3) is 2.88. The van der Waals surface area contributed by atoms with Crippen molar-refractivity contribution in [2.24, 2.45) is 4.99 Å². The van der Waals surface area contributed by atoms with Gasteiger partial charge in [0.1, 0.15) is 10.4 Å². The van der Waals surface area contributed by atoms with E-state index in [0.717, 1.165) is 10.4 Å². The second kappa shape index (κ2) is 6.82. The normalized spacial score (nSPS) is 11.8. The van der Waals surface area contributed by atoms with Gasteiger partial charge in [-0.15, -0.1) is 0 Å². The fourth-order valence-corrected chi connectivity index (χ4v) is 5.64. The maximum Gasteiger partial charge on any atom is 0.129 e. The second-order valence-electron chi connectivity index (χ2n) is 5.65. The Morgan fingerprint density at radius 1 is 0.840 bits per heavy atom. The highest BCUT2D eigenvalue weighted by atomic mass is 32.9. The molecule has 124 valence electrons. The summed E-state index contributed by atoms with van der Waals surface area (Å²) in [7, 11) is 7.06. The number of ether oxygens (including phenoxy) is 1. The first kappa shape index (κ1) is 16.1. The van der Waals surface area contributed by atoms with E-state index in [0.29, 0.717) is 0 Å². The molecule has 0 aliphatic heterocycles. The molecule has 0 spiro atoms. The SMILES string of the molecule is CN=c1ssc(-c2ccc(OC)cc2)c1-c1cccc2ccccc12. The fourth-order valence-electron chi connectivity index (χ4n) is 3.03. The zero-order chi connectivity index (χ0) is 17.2. The van der Waals surface area contributed by atoms with Gasteiger partial charge in [-0.25, -0.2) is 0 Å². The van der Waals surface area contributed by atoms with Gasteiger partial charge in [0.15, 0.2) is 0 Å². The lowest BCUT2D eigenvalue weighted by atomic mass is 9.97. The predicted octanol–water partition coefficient (Wildman–Crippen LogP) is 5.84. The molecule has 0 N–H and O–H groups in total. The van der Waals surface area contributed by atoms with Crippen molar-refractivity contribution in [2.45, 2.75) is 0 Å². The van der Waals surface area contributed by atoms with Crippen molar-refractivity contribution < 1.29 is 4.74 Å². The summed E-state index contributed by atoms with van der Waals surface area (Å²) < 4.78 is 6.37. The van der Waals surface area contributed by atoms with Crippen LogP contribution >= 0.6 is 20.7 Å². The standard InChI is InChI=1S/C21H17NOS2/c1-22-21-19(18-9-5-7-14-6-3-4-8-17(14)18)20(24-25-21)15-10-12-16(23-2)13-11-15/h3-13H,1-2H3. The van der Waals surface area contributed by atoms with Gasteiger partial charge in [0.25, 0.3) is 0 Å². The topological polar surface area (TPSA) is 21.6 Å². The van der Waals surface area contributed by atoms with Gasteiger partial charge in [-0.3, -0.25) is 4.99 Å². The molecule has 0 amide bonds. The molecule has 0 bridgehead atoms. The van der Waals surface area contributed by atoms with Crippen LogP contribution in [0, 0.1) is 0 Å². The van der Waals surface area contributed by atoms with E-state index in [-0.39, 0.29) is 0 Å². The van der Waals surface area contributed by atoms with Crippen LogP contribution in [0.3, 0.4) is 0 Å². The minimum absolute atomic E-state index is 0.871. The molecular weight excluding hydrogens is 346 g/mol. The summed E-state index contributed by atoms with van der Waals surface area (Å²) in [4.78, 5) is 5.79. The highest BCUT2D eigenvalue weighted by Gasteiger charge is 2.15. The Morgan fingerprint density at radius 3 is 2.36 bits per heavy atom. The molecule has 3 aromatic carbocycles. The molecule has 0 atom stereocenters. The first-order valence-electron chi connectivity index (χ1n) is 8.00. The van der Waals surface area contributed by atoms with Gasteiger partial charge in [-0.2, -0.15) is 0 Å². The van der Waals surface area contributed by atoms with Crippen LogP contribution < -0.4 is 9.41 Å². The van der Waals surface area contributed by atoms with E-state index in [1.54, 1.807) is 27.8 Å². The second-order valence-corrected chi connectivity index (χ2v) is 7.78. The number of hydrogen-bond donors (Lipinski definition) is 0. The first-order valence-corrected chi connectivity index (χ1v) is 10.2. The van der Waals surface area contributed by atoms with Crippen LogP contribution in [-0.4, -0.2) is 14.2 Å². The predicted molar refractivity (Wildman–Crippen MR) is 109 cm³/mol. The smallest absolute Gasteiger partial charge is 0.129 e. The van der Waals surface area contributed by atoms with Crippen molar-refractivity contribution >= 4 is 31.5 Å². The molecule has 0 radical (unpaired) electrons. The third-order valence-corrected chi connectivity index (χ3v) is 6.72. The van der Waals surface area contributed by atoms with Gasteiger partial charge < -0.3 is 4.74 Å². The minimum Gasteiger partial charge on any atom is -0.497 e. The lowest BCUT2D eigenvalue weighted by Crippen LogP contribution is -1.99. The summed E-state index contributed by atoms with van der Waals surface area (Å²) >= 11 is 0. The molecule has 0 aliphatic rings. The summed E-state index contributed by atoms with van der Waals surface area (Å²) in [6, 6.07) is 23.2. The fraction of sp³-hybridized carbons (Fsp3) is 0.0952. The third-order valence-electron chi connectivity index (χ3n) is 4.26. The Hall–Kier alpha value is -2.43. The summed E-state index contributed by atoms with van der Waals surface area (Å²) in [5, 5.41) is 2.51. The molecular formula is C21H17NOS2. The van der Waals surface area contributed by atoms with Gasteiger partial charge in [0.05, 0.1) is 12.0 Å². The summed E-state index contributed by atoms with van der Waals surface area (Å²) in [6.07, 6.45) is 0. The van der Waals surface area contributed by atoms with Gasteiger partial charge in [-0.05, 0) is 46.2 Å². The molecule has 25 heavy (non-hydrogen) atoms. The van der Waals surface area contributed by atoms with Crippen LogP contribution in [-0.2, 0) is 0 Å². The minimum atomic E-state index is 0.871. The monoisotopic (exact) mass is 363 g/mol. The summed E-state index contributed by atoms with van der Waals surface area (Å²) in [5.74, 6) is 0.871. The zero-order valence-electron chi connectivity index (χ0n) is 14.0. The summed E-state index contributed by atoms with van der Waals surface area (Å²) in [6.45, 7) is 0. The Balaban J connectivity index is 1.99. The summed E-state index contributed by atoms with van der Waals surface area (Å²) in [5.41, 5.74) is 3.65. The maximum atomic E-state index is 5.29. The average molecular weight is 364 g/mol. The molecule has 0 unspecified atom stereocenters. The van der Waals surface area contributed by atoms with Crippen LogP contribution in [0.25, 0.3) is 32.3 Å². The number of nitrogens with zero attached hydrogens (tertiary/aromatic N) is 1. The van der Waals surface area contributed by atoms with E-state index in [9.17, 15) is 0 Å². The van der Waals surface area contributed by atoms with Crippen LogP contribution in [0.4, 0.5) is 0 Å². The first-order chi connectivity index (χ1) is 12.3. The average Bonchev–Trinajstić information content (AvgIpc) is 3.11. The molecule has 0 saturated carbocycles. The van der Waals surface area contributed by atoms with E-state index in [1.165, 1.54) is 32.3 Å². The highest BCUT2D eigenvalue weighted by molar-refractivity contribution is 7.70. The molecule has 0 fully saturated rings. The van der Waals surface area contributed by atoms with Crippen LogP contribution in [0.15, 0.2) is 71.7 Å². The van der Waals surface area contributed by atoms with Crippen molar-refractivity contribution in [2.75, 3.05) is 14.2 Å². The number of benzene rings is 3. The number of rotatable bonds is 3. The Kier molecular flexibility index (Phi) is 4.38. The van der Waals surface area contributed by atoms with Crippen LogP contribution in [0.2, 0.25) is 0 Å². The Bertz CT molecular complexity index is 1090. The van der Waals surface area contributed by atoms with Crippen LogP contribution in [0.5, 0.6) is 5.75 Å². The quantitative estimate of drug-likeness (QED) is 0.419. The molecule has 2 nitrogen and oxygen atoms in total. The van der Waals surface area contributed by atoms with E-state index in [2.05, 4.69) is 59.6 Å². The van der Waals surface area contributed by atoms with Gasteiger partial charge in [-0.1, -0.05) is 63.1 Å². The molecule has 1 aromatic heterocycles. The van der Waals surface area contributed by atoms with Crippen molar-refractivity contribution in [1.82, 2.24) is 0 Å². The van der Waals surface area contributed by atoms with Crippen molar-refractivity contribution in [3.8, 4) is 27.3 Å². The zero-order valence-corrected chi connectivity index (χ0v) is 15.7. The molecule has 4 rings (SSSR count). The van der Waals surface area contributed by atoms with Crippen molar-refractivity contribution in [3.05, 3.63) is 71.4 Å². The molecule has 0 aliphatic carbocycles. The van der Waals surface area contributed by atoms with Crippen LogP contribution in [0.1, 0.15) is 0 Å². The lowest BCUT2D eigenvalue weighted by molar-refractivity contribution is 0.415. The van der Waals surface area contributed by atoms with Gasteiger partial charge >= 0.3 is 0 Å². The Morgan fingerprint density at radius 2 is 1.60 bits per heavy atom. The Labute approximate surface area is 154 Å². The van der Waals surface area contributed by atoms with Crippen molar-refractivity contribution in [1.29, 1.82) is 0 Å².